The Morgan fingerprint density at radius 1 is 1.41 bits per heavy atom. The molecule has 1 aromatic rings. The second-order valence-electron chi connectivity index (χ2n) is 3.02. The monoisotopic (exact) mass is 331 g/mol. The zero-order valence-corrected chi connectivity index (χ0v) is 10.6. The molecule has 0 spiro atoms. The Bertz CT molecular complexity index is 431. The maximum Gasteiger partial charge on any atom is 0.339 e. The van der Waals surface area contributed by atoms with Crippen molar-refractivity contribution < 1.29 is 23.8 Å². The van der Waals surface area contributed by atoms with E-state index in [0.29, 0.717) is 0 Å². The zero-order valence-electron chi connectivity index (χ0n) is 8.23. The summed E-state index contributed by atoms with van der Waals surface area (Å²) in [5.74, 6) is -2.15. The lowest BCUT2D eigenvalue weighted by Gasteiger charge is -2.15. The maximum atomic E-state index is 12.4. The predicted octanol–water partition coefficient (Wildman–Crippen LogP) is 2.54. The molecule has 17 heavy (non-hydrogen) atoms. The summed E-state index contributed by atoms with van der Waals surface area (Å²) in [5.41, 5.74) is 4.40. The van der Waals surface area contributed by atoms with Crippen LogP contribution in [0.15, 0.2) is 16.6 Å². The van der Waals surface area contributed by atoms with Gasteiger partial charge in [0, 0.05) is 10.0 Å². The first-order chi connectivity index (χ1) is 7.36. The van der Waals surface area contributed by atoms with Gasteiger partial charge in [-0.2, -0.15) is 0 Å². The third kappa shape index (κ3) is 3.27. The van der Waals surface area contributed by atoms with Crippen molar-refractivity contribution in [1.29, 1.82) is 0 Å². The van der Waals surface area contributed by atoms with Crippen LogP contribution in [0.5, 0.6) is 5.75 Å². The lowest BCUT2D eigenvalue weighted by atomic mass is 10.0. The molecule has 0 saturated carbocycles. The molecule has 4 nitrogen and oxygen atoms in total. The number of carboxylic acids is 1. The Balaban J connectivity index is 0.00000256. The van der Waals surface area contributed by atoms with Crippen molar-refractivity contribution >= 4 is 34.3 Å². The van der Waals surface area contributed by atoms with Gasteiger partial charge in [0.05, 0.1) is 6.04 Å². The van der Waals surface area contributed by atoms with Crippen LogP contribution < -0.4 is 5.73 Å². The van der Waals surface area contributed by atoms with Gasteiger partial charge in [-0.15, -0.1) is 12.4 Å². The SMILES string of the molecule is Cl.N[C@H](c1c(Br)ccc(C(=O)O)c1O)C(F)F. The van der Waals surface area contributed by atoms with Gasteiger partial charge < -0.3 is 15.9 Å². The topological polar surface area (TPSA) is 83.6 Å². The third-order valence-corrected chi connectivity index (χ3v) is 2.69. The minimum Gasteiger partial charge on any atom is -0.507 e. The normalized spacial score (nSPS) is 12.1. The largest absolute Gasteiger partial charge is 0.507 e. The molecule has 0 bridgehead atoms. The molecule has 0 fully saturated rings. The number of alkyl halides is 2. The van der Waals surface area contributed by atoms with Crippen LogP contribution in [-0.4, -0.2) is 22.6 Å². The Morgan fingerprint density at radius 2 is 1.94 bits per heavy atom. The molecule has 0 aliphatic heterocycles. The number of hydrogen-bond donors (Lipinski definition) is 3. The number of rotatable bonds is 3. The van der Waals surface area contributed by atoms with Crippen molar-refractivity contribution in [2.24, 2.45) is 5.73 Å². The molecule has 0 aliphatic carbocycles. The maximum absolute atomic E-state index is 12.4. The average molecular weight is 333 g/mol. The van der Waals surface area contributed by atoms with Gasteiger partial charge in [0.1, 0.15) is 11.3 Å². The Hall–Kier alpha value is -0.920. The number of aromatic hydroxyl groups is 1. The highest BCUT2D eigenvalue weighted by atomic mass is 79.9. The van der Waals surface area contributed by atoms with E-state index < -0.39 is 29.7 Å². The molecule has 96 valence electrons. The fraction of sp³-hybridized carbons (Fsp3) is 0.222. The number of halogens is 4. The summed E-state index contributed by atoms with van der Waals surface area (Å²) >= 11 is 2.93. The van der Waals surface area contributed by atoms with Gasteiger partial charge in [0.25, 0.3) is 6.43 Å². The Morgan fingerprint density at radius 3 is 2.35 bits per heavy atom. The molecular weight excluding hydrogens is 323 g/mol. The second-order valence-corrected chi connectivity index (χ2v) is 3.88. The number of phenols is 1. The highest BCUT2D eigenvalue weighted by Crippen LogP contribution is 2.36. The van der Waals surface area contributed by atoms with Crippen molar-refractivity contribution in [1.82, 2.24) is 0 Å². The standard InChI is InChI=1S/C9H8BrF2NO3.ClH/c10-4-2-1-3(9(15)16)7(14)5(4)6(13)8(11)12;/h1-2,6,8,14H,13H2,(H,15,16);1H/t6-;/m1./s1. The van der Waals surface area contributed by atoms with Gasteiger partial charge in [-0.05, 0) is 12.1 Å². The van der Waals surface area contributed by atoms with Crippen LogP contribution in [0.2, 0.25) is 0 Å². The molecule has 0 amide bonds. The van der Waals surface area contributed by atoms with E-state index >= 15 is 0 Å². The van der Waals surface area contributed by atoms with Crippen molar-refractivity contribution in [3.05, 3.63) is 27.7 Å². The Labute approximate surface area is 110 Å². The fourth-order valence-corrected chi connectivity index (χ4v) is 1.78. The van der Waals surface area contributed by atoms with Crippen LogP contribution in [0.1, 0.15) is 22.0 Å². The molecule has 8 heteroatoms. The van der Waals surface area contributed by atoms with E-state index in [4.69, 9.17) is 10.8 Å². The van der Waals surface area contributed by atoms with Crippen LogP contribution in [0.25, 0.3) is 0 Å². The van der Waals surface area contributed by atoms with Crippen molar-refractivity contribution in [2.75, 3.05) is 0 Å². The molecule has 0 unspecified atom stereocenters. The number of hydrogen-bond acceptors (Lipinski definition) is 3. The summed E-state index contributed by atoms with van der Waals surface area (Å²) in [4.78, 5) is 10.7. The van der Waals surface area contributed by atoms with Crippen molar-refractivity contribution in [3.63, 3.8) is 0 Å². The number of carbonyl (C=O) groups is 1. The number of carboxylic acid groups (broad SMARTS) is 1. The first kappa shape index (κ1) is 16.1. The summed E-state index contributed by atoms with van der Waals surface area (Å²) in [5, 5.41) is 18.2. The predicted molar refractivity (Wildman–Crippen MR) is 62.9 cm³/mol. The van der Waals surface area contributed by atoms with E-state index in [1.165, 1.54) is 6.07 Å². The molecule has 1 atom stereocenters. The van der Waals surface area contributed by atoms with Crippen molar-refractivity contribution in [3.8, 4) is 5.75 Å². The number of nitrogens with two attached hydrogens (primary N) is 1. The lowest BCUT2D eigenvalue weighted by Crippen LogP contribution is -2.20. The third-order valence-electron chi connectivity index (χ3n) is 2.00. The highest BCUT2D eigenvalue weighted by molar-refractivity contribution is 9.10. The van der Waals surface area contributed by atoms with Crippen LogP contribution >= 0.6 is 28.3 Å². The molecule has 4 N–H and O–H groups in total. The molecule has 1 aromatic carbocycles. The zero-order chi connectivity index (χ0) is 12.5. The molecule has 0 aromatic heterocycles. The summed E-state index contributed by atoms with van der Waals surface area (Å²) in [6.07, 6.45) is -2.90. The van der Waals surface area contributed by atoms with Gasteiger partial charge in [-0.1, -0.05) is 15.9 Å². The quantitative estimate of drug-likeness (QED) is 0.794. The van der Waals surface area contributed by atoms with Gasteiger partial charge in [0.2, 0.25) is 0 Å². The van der Waals surface area contributed by atoms with Gasteiger partial charge in [-0.25, -0.2) is 13.6 Å². The van der Waals surface area contributed by atoms with E-state index in [0.717, 1.165) is 6.07 Å². The number of aromatic carboxylic acids is 1. The summed E-state index contributed by atoms with van der Waals surface area (Å²) in [6.45, 7) is 0. The number of benzene rings is 1. The average Bonchev–Trinajstić information content (AvgIpc) is 2.16. The van der Waals surface area contributed by atoms with Crippen LogP contribution in [0.4, 0.5) is 8.78 Å². The molecule has 1 rings (SSSR count). The van der Waals surface area contributed by atoms with E-state index in [2.05, 4.69) is 15.9 Å². The van der Waals surface area contributed by atoms with Crippen LogP contribution in [0.3, 0.4) is 0 Å². The second kappa shape index (κ2) is 6.13. The Kier molecular flexibility index (Phi) is 5.80. The van der Waals surface area contributed by atoms with E-state index in [9.17, 15) is 18.7 Å². The molecule has 0 aliphatic rings. The van der Waals surface area contributed by atoms with Gasteiger partial charge in [-0.3, -0.25) is 0 Å². The van der Waals surface area contributed by atoms with Gasteiger partial charge >= 0.3 is 5.97 Å². The minimum absolute atomic E-state index is 0. The summed E-state index contributed by atoms with van der Waals surface area (Å²) in [6, 6.07) is 0.609. The molecule has 0 saturated heterocycles. The summed E-state index contributed by atoms with van der Waals surface area (Å²) in [7, 11) is 0. The van der Waals surface area contributed by atoms with E-state index in [-0.39, 0.29) is 22.4 Å². The smallest absolute Gasteiger partial charge is 0.339 e. The first-order valence-electron chi connectivity index (χ1n) is 4.14. The van der Waals surface area contributed by atoms with E-state index in [1.807, 2.05) is 0 Å². The first-order valence-corrected chi connectivity index (χ1v) is 4.94. The van der Waals surface area contributed by atoms with E-state index in [1.54, 1.807) is 0 Å². The molecule has 0 radical (unpaired) electrons. The highest BCUT2D eigenvalue weighted by Gasteiger charge is 2.26. The fourth-order valence-electron chi connectivity index (χ4n) is 1.20. The summed E-state index contributed by atoms with van der Waals surface area (Å²) < 4.78 is 24.9. The van der Waals surface area contributed by atoms with Crippen LogP contribution in [0, 0.1) is 0 Å². The van der Waals surface area contributed by atoms with Crippen molar-refractivity contribution in [2.45, 2.75) is 12.5 Å². The minimum atomic E-state index is -2.90. The molecule has 0 heterocycles. The molecular formula is C9H9BrClF2NO3. The van der Waals surface area contributed by atoms with Crippen LogP contribution in [-0.2, 0) is 0 Å². The van der Waals surface area contributed by atoms with Gasteiger partial charge in [0.15, 0.2) is 0 Å². The lowest BCUT2D eigenvalue weighted by molar-refractivity contribution is 0.0692.